The number of nitro groups is 1. The molecule has 102 valence electrons. The van der Waals surface area contributed by atoms with Crippen molar-refractivity contribution in [2.45, 2.75) is 0 Å². The summed E-state index contributed by atoms with van der Waals surface area (Å²) in [6, 6.07) is 5.11. The highest BCUT2D eigenvalue weighted by Gasteiger charge is 2.14. The molecule has 0 aliphatic heterocycles. The van der Waals surface area contributed by atoms with E-state index in [0.717, 1.165) is 10.7 Å². The lowest BCUT2D eigenvalue weighted by Crippen LogP contribution is -2.20. The van der Waals surface area contributed by atoms with Crippen molar-refractivity contribution in [3.05, 3.63) is 61.0 Å². The van der Waals surface area contributed by atoms with Gasteiger partial charge in [0.2, 0.25) is 11.1 Å². The van der Waals surface area contributed by atoms with Crippen LogP contribution >= 0.6 is 15.9 Å². The molecule has 0 aliphatic rings. The summed E-state index contributed by atoms with van der Waals surface area (Å²) in [7, 11) is 0. The molecule has 1 heterocycles. The van der Waals surface area contributed by atoms with Crippen molar-refractivity contribution in [2.75, 3.05) is 0 Å². The van der Waals surface area contributed by atoms with Crippen LogP contribution in [0.1, 0.15) is 10.5 Å². The lowest BCUT2D eigenvalue weighted by atomic mass is 10.3. The fourth-order valence-corrected chi connectivity index (χ4v) is 2.00. The minimum absolute atomic E-state index is 0.131. The van der Waals surface area contributed by atoms with Gasteiger partial charge in [-0.05, 0) is 28.1 Å². The largest absolute Gasteiger partial charge is 0.476 e. The zero-order valence-corrected chi connectivity index (χ0v) is 11.3. The monoisotopic (exact) mass is 339 g/mol. The number of nitrogens with zero attached hydrogens (tertiary/aromatic N) is 3. The van der Waals surface area contributed by atoms with E-state index in [1.807, 2.05) is 0 Å². The predicted molar refractivity (Wildman–Crippen MR) is 71.1 cm³/mol. The summed E-state index contributed by atoms with van der Waals surface area (Å²) in [5.74, 6) is -1.44. The number of aromatic carboxylic acids is 1. The fraction of sp³-hybridized carbons (Fsp3) is 0. The summed E-state index contributed by atoms with van der Waals surface area (Å²) >= 11 is 3.05. The van der Waals surface area contributed by atoms with Crippen LogP contribution in [-0.4, -0.2) is 25.8 Å². The second kappa shape index (κ2) is 5.21. The molecule has 8 nitrogen and oxygen atoms in total. The molecule has 0 bridgehead atoms. The standard InChI is InChI=1S/C11H6BrN3O5/c12-7-5-6(1-2-8(7)15(19)20)14-4-3-9(16)10(13-14)11(17)18/h1-5H,(H,17,18). The Morgan fingerprint density at radius 1 is 1.40 bits per heavy atom. The van der Waals surface area contributed by atoms with Gasteiger partial charge in [0.25, 0.3) is 5.69 Å². The molecule has 1 N–H and O–H groups in total. The molecular weight excluding hydrogens is 334 g/mol. The topological polar surface area (TPSA) is 115 Å². The Hall–Kier alpha value is -2.55. The van der Waals surface area contributed by atoms with E-state index in [-0.39, 0.29) is 10.2 Å². The lowest BCUT2D eigenvalue weighted by Gasteiger charge is -2.06. The number of rotatable bonds is 3. The molecule has 20 heavy (non-hydrogen) atoms. The number of nitro benzene ring substituents is 1. The van der Waals surface area contributed by atoms with E-state index < -0.39 is 22.0 Å². The second-order valence-electron chi connectivity index (χ2n) is 3.67. The Kier molecular flexibility index (Phi) is 3.61. The molecule has 0 unspecified atom stereocenters. The van der Waals surface area contributed by atoms with Crippen molar-refractivity contribution < 1.29 is 14.8 Å². The van der Waals surface area contributed by atoms with Crippen molar-refractivity contribution in [2.24, 2.45) is 0 Å². The summed E-state index contributed by atoms with van der Waals surface area (Å²) in [5, 5.41) is 23.2. The Balaban J connectivity index is 2.55. The third kappa shape index (κ3) is 2.57. The van der Waals surface area contributed by atoms with E-state index in [9.17, 15) is 19.7 Å². The number of carboxylic acids is 1. The highest BCUT2D eigenvalue weighted by atomic mass is 79.9. The molecule has 0 amide bonds. The average molecular weight is 340 g/mol. The molecule has 0 fully saturated rings. The molecule has 9 heteroatoms. The molecule has 0 spiro atoms. The first kappa shape index (κ1) is 13.9. The van der Waals surface area contributed by atoms with Crippen LogP contribution < -0.4 is 5.43 Å². The number of hydrogen-bond acceptors (Lipinski definition) is 5. The van der Waals surface area contributed by atoms with E-state index in [2.05, 4.69) is 21.0 Å². The Labute approximate surface area is 119 Å². The van der Waals surface area contributed by atoms with Gasteiger partial charge < -0.3 is 5.11 Å². The van der Waals surface area contributed by atoms with E-state index in [4.69, 9.17) is 5.11 Å². The van der Waals surface area contributed by atoms with Gasteiger partial charge in [0, 0.05) is 18.3 Å². The van der Waals surface area contributed by atoms with E-state index in [1.54, 1.807) is 0 Å². The molecule has 2 aromatic rings. The third-order valence-electron chi connectivity index (χ3n) is 2.40. The van der Waals surface area contributed by atoms with Crippen LogP contribution in [-0.2, 0) is 0 Å². The van der Waals surface area contributed by atoms with Crippen LogP contribution in [0.5, 0.6) is 0 Å². The van der Waals surface area contributed by atoms with Crippen molar-refractivity contribution in [1.82, 2.24) is 9.78 Å². The van der Waals surface area contributed by atoms with Crippen molar-refractivity contribution >= 4 is 27.6 Å². The van der Waals surface area contributed by atoms with E-state index in [0.29, 0.717) is 5.69 Å². The summed E-state index contributed by atoms with van der Waals surface area (Å²) < 4.78 is 1.37. The Morgan fingerprint density at radius 3 is 2.65 bits per heavy atom. The number of carbonyl (C=O) groups is 1. The summed E-state index contributed by atoms with van der Waals surface area (Å²) in [6.07, 6.45) is 1.28. The maximum absolute atomic E-state index is 11.3. The zero-order chi connectivity index (χ0) is 14.9. The summed E-state index contributed by atoms with van der Waals surface area (Å²) in [4.78, 5) is 32.3. The van der Waals surface area contributed by atoms with Crippen LogP contribution in [0, 0.1) is 10.1 Å². The molecule has 1 aromatic carbocycles. The van der Waals surface area contributed by atoms with Crippen LogP contribution in [0.3, 0.4) is 0 Å². The van der Waals surface area contributed by atoms with E-state index in [1.165, 1.54) is 24.4 Å². The molecule has 2 rings (SSSR count). The Bertz CT molecular complexity index is 771. The zero-order valence-electron chi connectivity index (χ0n) is 9.69. The molecule has 0 radical (unpaired) electrons. The van der Waals surface area contributed by atoms with Gasteiger partial charge in [0.05, 0.1) is 15.1 Å². The second-order valence-corrected chi connectivity index (χ2v) is 4.53. The number of benzene rings is 1. The van der Waals surface area contributed by atoms with Gasteiger partial charge in [-0.3, -0.25) is 14.9 Å². The SMILES string of the molecule is O=C(O)c1nn(-c2ccc([N+](=O)[O-])c(Br)c2)ccc1=O. The lowest BCUT2D eigenvalue weighted by molar-refractivity contribution is -0.385. The minimum atomic E-state index is -1.44. The third-order valence-corrected chi connectivity index (χ3v) is 3.04. The first-order valence-corrected chi connectivity index (χ1v) is 5.97. The van der Waals surface area contributed by atoms with Crippen molar-refractivity contribution in [3.63, 3.8) is 0 Å². The average Bonchev–Trinajstić information content (AvgIpc) is 2.38. The first-order chi connectivity index (χ1) is 9.40. The maximum Gasteiger partial charge on any atom is 0.360 e. The van der Waals surface area contributed by atoms with Gasteiger partial charge in [-0.15, -0.1) is 0 Å². The van der Waals surface area contributed by atoms with Crippen molar-refractivity contribution in [1.29, 1.82) is 0 Å². The normalized spacial score (nSPS) is 10.2. The molecule has 1 aromatic heterocycles. The number of halogens is 1. The summed E-state index contributed by atoms with van der Waals surface area (Å²) in [6.45, 7) is 0. The summed E-state index contributed by atoms with van der Waals surface area (Å²) in [5.41, 5.74) is -1.09. The highest BCUT2D eigenvalue weighted by Crippen LogP contribution is 2.26. The molecular formula is C11H6BrN3O5. The minimum Gasteiger partial charge on any atom is -0.476 e. The predicted octanol–water partition coefficient (Wildman–Crippen LogP) is 1.60. The number of aromatic nitrogens is 2. The van der Waals surface area contributed by atoms with Gasteiger partial charge >= 0.3 is 5.97 Å². The maximum atomic E-state index is 11.3. The van der Waals surface area contributed by atoms with E-state index >= 15 is 0 Å². The quantitative estimate of drug-likeness (QED) is 0.670. The molecule has 0 aliphatic carbocycles. The molecule has 0 atom stereocenters. The van der Waals surface area contributed by atoms with Gasteiger partial charge in [0.15, 0.2) is 0 Å². The fourth-order valence-electron chi connectivity index (χ4n) is 1.49. The Morgan fingerprint density at radius 2 is 2.10 bits per heavy atom. The number of hydrogen-bond donors (Lipinski definition) is 1. The highest BCUT2D eigenvalue weighted by molar-refractivity contribution is 9.10. The molecule has 0 saturated carbocycles. The first-order valence-electron chi connectivity index (χ1n) is 5.18. The van der Waals surface area contributed by atoms with Crippen LogP contribution in [0.4, 0.5) is 5.69 Å². The van der Waals surface area contributed by atoms with Gasteiger partial charge in [-0.25, -0.2) is 9.48 Å². The van der Waals surface area contributed by atoms with Gasteiger partial charge in [-0.2, -0.15) is 5.10 Å². The number of carboxylic acid groups (broad SMARTS) is 1. The van der Waals surface area contributed by atoms with Gasteiger partial charge in [0.1, 0.15) is 0 Å². The van der Waals surface area contributed by atoms with Gasteiger partial charge in [-0.1, -0.05) is 0 Å². The van der Waals surface area contributed by atoms with Crippen LogP contribution in [0.25, 0.3) is 5.69 Å². The smallest absolute Gasteiger partial charge is 0.360 e. The van der Waals surface area contributed by atoms with Crippen LogP contribution in [0.15, 0.2) is 39.7 Å². The van der Waals surface area contributed by atoms with Crippen LogP contribution in [0.2, 0.25) is 0 Å². The molecule has 0 saturated heterocycles. The van der Waals surface area contributed by atoms with Crippen molar-refractivity contribution in [3.8, 4) is 5.69 Å².